The Balaban J connectivity index is 3.42. The van der Waals surface area contributed by atoms with Crippen molar-refractivity contribution < 1.29 is 30.0 Å². The minimum absolute atomic E-state index is 0.190. The third-order valence-electron chi connectivity index (χ3n) is 1.97. The van der Waals surface area contributed by atoms with Crippen molar-refractivity contribution in [2.24, 2.45) is 0 Å². The fourth-order valence-electron chi connectivity index (χ4n) is 1.15. The number of benzene rings is 1. The van der Waals surface area contributed by atoms with Crippen molar-refractivity contribution >= 4 is 11.9 Å². The van der Waals surface area contributed by atoms with Gasteiger partial charge in [-0.1, -0.05) is 0 Å². The van der Waals surface area contributed by atoms with E-state index in [1.54, 1.807) is 0 Å². The van der Waals surface area contributed by atoms with E-state index in [4.69, 9.17) is 10.2 Å². The normalized spacial score (nSPS) is 11.2. The van der Waals surface area contributed by atoms with Gasteiger partial charge in [0.2, 0.25) is 0 Å². The first-order valence-electron chi connectivity index (χ1n) is 4.28. The van der Waals surface area contributed by atoms with Crippen LogP contribution in [0, 0.1) is 0 Å². The maximum atomic E-state index is 10.7. The van der Waals surface area contributed by atoms with E-state index in [-0.39, 0.29) is 16.7 Å². The van der Waals surface area contributed by atoms with E-state index < -0.39 is 17.7 Å². The number of rotatable bonds is 3. The Kier molecular flexibility index (Phi) is 2.97. The average molecular weight is 226 g/mol. The Morgan fingerprint density at radius 3 is 1.62 bits per heavy atom. The van der Waals surface area contributed by atoms with Crippen LogP contribution in [-0.4, -0.2) is 32.4 Å². The fraction of sp³-hybridized carbons (Fsp3) is 0.200. The smallest absolute Gasteiger partial charge is 0.335 e. The van der Waals surface area contributed by atoms with Crippen LogP contribution in [0.1, 0.15) is 33.2 Å². The van der Waals surface area contributed by atoms with E-state index in [1.165, 1.54) is 0 Å². The lowest BCUT2D eigenvalue weighted by Crippen LogP contribution is -2.21. The molecule has 0 atom stereocenters. The van der Waals surface area contributed by atoms with E-state index in [0.29, 0.717) is 0 Å². The van der Waals surface area contributed by atoms with Gasteiger partial charge < -0.3 is 20.4 Å². The van der Waals surface area contributed by atoms with E-state index in [9.17, 15) is 19.8 Å². The predicted octanol–water partition coefficient (Wildman–Crippen LogP) is 0.240. The van der Waals surface area contributed by atoms with Crippen LogP contribution >= 0.6 is 0 Å². The molecule has 1 rings (SSSR count). The molecule has 0 unspecified atom stereocenters. The molecule has 0 aliphatic heterocycles. The molecule has 0 aliphatic carbocycles. The van der Waals surface area contributed by atoms with Crippen LogP contribution in [0.15, 0.2) is 18.2 Å². The van der Waals surface area contributed by atoms with Gasteiger partial charge in [0.1, 0.15) is 0 Å². The fourth-order valence-corrected chi connectivity index (χ4v) is 1.15. The predicted molar refractivity (Wildman–Crippen MR) is 52.2 cm³/mol. The van der Waals surface area contributed by atoms with Gasteiger partial charge in [0.25, 0.3) is 0 Å². The van der Waals surface area contributed by atoms with E-state index in [2.05, 4.69) is 0 Å². The first kappa shape index (κ1) is 12.2. The van der Waals surface area contributed by atoms with Gasteiger partial charge in [-0.3, -0.25) is 0 Å². The zero-order valence-electron chi connectivity index (χ0n) is 8.34. The third-order valence-corrected chi connectivity index (χ3v) is 1.97. The summed E-state index contributed by atoms with van der Waals surface area (Å²) < 4.78 is 0. The lowest BCUT2D eigenvalue weighted by Gasteiger charge is -2.17. The van der Waals surface area contributed by atoms with Crippen molar-refractivity contribution in [1.82, 2.24) is 0 Å². The minimum atomic E-state index is -2.28. The van der Waals surface area contributed by atoms with Crippen molar-refractivity contribution in [3.05, 3.63) is 34.9 Å². The maximum absolute atomic E-state index is 10.7. The Bertz CT molecular complexity index is 411. The highest BCUT2D eigenvalue weighted by molar-refractivity contribution is 5.94. The van der Waals surface area contributed by atoms with Gasteiger partial charge in [0, 0.05) is 5.56 Å². The maximum Gasteiger partial charge on any atom is 0.335 e. The van der Waals surface area contributed by atoms with Gasteiger partial charge in [0.05, 0.1) is 11.1 Å². The molecule has 0 spiro atoms. The van der Waals surface area contributed by atoms with Gasteiger partial charge in [0.15, 0.2) is 5.79 Å². The molecule has 6 nitrogen and oxygen atoms in total. The van der Waals surface area contributed by atoms with Crippen molar-refractivity contribution in [1.29, 1.82) is 0 Å². The second-order valence-electron chi connectivity index (χ2n) is 3.43. The summed E-state index contributed by atoms with van der Waals surface area (Å²) in [5.74, 6) is -4.96. The van der Waals surface area contributed by atoms with Gasteiger partial charge in [-0.15, -0.1) is 0 Å². The molecule has 1 aromatic rings. The van der Waals surface area contributed by atoms with Crippen molar-refractivity contribution in [3.63, 3.8) is 0 Å². The van der Waals surface area contributed by atoms with Crippen LogP contribution in [0.25, 0.3) is 0 Å². The monoisotopic (exact) mass is 226 g/mol. The highest BCUT2D eigenvalue weighted by Crippen LogP contribution is 2.20. The molecule has 1 aromatic carbocycles. The molecular formula is C10H10O6. The second kappa shape index (κ2) is 3.92. The number of hydrogen-bond donors (Lipinski definition) is 4. The Morgan fingerprint density at radius 2 is 1.38 bits per heavy atom. The Morgan fingerprint density at radius 1 is 1.00 bits per heavy atom. The summed E-state index contributed by atoms with van der Waals surface area (Å²) in [5.41, 5.74) is -0.821. The number of aromatic carboxylic acids is 2. The van der Waals surface area contributed by atoms with E-state index >= 15 is 0 Å². The first-order chi connectivity index (χ1) is 7.21. The molecule has 0 radical (unpaired) electrons. The van der Waals surface area contributed by atoms with Crippen molar-refractivity contribution in [2.45, 2.75) is 12.7 Å². The van der Waals surface area contributed by atoms with Crippen LogP contribution in [0.2, 0.25) is 0 Å². The van der Waals surface area contributed by atoms with Crippen molar-refractivity contribution in [2.75, 3.05) is 0 Å². The summed E-state index contributed by atoms with van der Waals surface area (Å²) >= 11 is 0. The van der Waals surface area contributed by atoms with Crippen LogP contribution in [0.3, 0.4) is 0 Å². The van der Waals surface area contributed by atoms with Gasteiger partial charge in [-0.05, 0) is 25.1 Å². The molecule has 0 fully saturated rings. The molecule has 0 bridgehead atoms. The summed E-state index contributed by atoms with van der Waals surface area (Å²) in [5, 5.41) is 36.0. The number of hydrogen-bond acceptors (Lipinski definition) is 4. The molecule has 16 heavy (non-hydrogen) atoms. The van der Waals surface area contributed by atoms with Crippen LogP contribution < -0.4 is 0 Å². The number of carboxylic acid groups (broad SMARTS) is 2. The highest BCUT2D eigenvalue weighted by Gasteiger charge is 2.22. The molecular weight excluding hydrogens is 216 g/mol. The molecule has 0 saturated heterocycles. The Labute approximate surface area is 90.4 Å². The summed E-state index contributed by atoms with van der Waals surface area (Å²) in [7, 11) is 0. The van der Waals surface area contributed by atoms with E-state index in [0.717, 1.165) is 25.1 Å². The van der Waals surface area contributed by atoms with Crippen molar-refractivity contribution in [3.8, 4) is 0 Å². The quantitative estimate of drug-likeness (QED) is 0.549. The molecule has 0 aliphatic rings. The highest BCUT2D eigenvalue weighted by atomic mass is 16.5. The van der Waals surface area contributed by atoms with Gasteiger partial charge in [-0.2, -0.15) is 0 Å². The number of aliphatic hydroxyl groups is 2. The van der Waals surface area contributed by atoms with Crippen LogP contribution in [-0.2, 0) is 5.79 Å². The molecule has 4 N–H and O–H groups in total. The second-order valence-corrected chi connectivity index (χ2v) is 3.43. The lowest BCUT2D eigenvalue weighted by atomic mass is 10.0. The number of carboxylic acids is 2. The lowest BCUT2D eigenvalue weighted by molar-refractivity contribution is -0.152. The summed E-state index contributed by atoms with van der Waals surface area (Å²) in [6, 6.07) is 2.96. The van der Waals surface area contributed by atoms with E-state index in [1.807, 2.05) is 0 Å². The summed E-state index contributed by atoms with van der Waals surface area (Å²) in [4.78, 5) is 21.4. The summed E-state index contributed by atoms with van der Waals surface area (Å²) in [6.45, 7) is 1.01. The molecule has 0 saturated carbocycles. The van der Waals surface area contributed by atoms with Crippen LogP contribution in [0.5, 0.6) is 0 Å². The van der Waals surface area contributed by atoms with Crippen LogP contribution in [0.4, 0.5) is 0 Å². The zero-order valence-corrected chi connectivity index (χ0v) is 8.34. The minimum Gasteiger partial charge on any atom is -0.478 e. The molecule has 86 valence electrons. The molecule has 0 amide bonds. The Hall–Kier alpha value is -1.92. The molecule has 6 heteroatoms. The molecule has 0 heterocycles. The molecule has 0 aromatic heterocycles. The summed E-state index contributed by atoms with van der Waals surface area (Å²) in [6.07, 6.45) is 0. The average Bonchev–Trinajstić information content (AvgIpc) is 2.15. The van der Waals surface area contributed by atoms with Gasteiger partial charge in [-0.25, -0.2) is 9.59 Å². The topological polar surface area (TPSA) is 115 Å². The largest absolute Gasteiger partial charge is 0.478 e. The number of carbonyl (C=O) groups is 2. The third kappa shape index (κ3) is 2.56. The zero-order chi connectivity index (χ0) is 12.5. The standard InChI is InChI=1S/C10H10O6/c1-10(15,16)7-3-5(8(11)12)2-6(4-7)9(13)14/h2-4,15-16H,1H3,(H,11,12)(H,13,14). The first-order valence-corrected chi connectivity index (χ1v) is 4.28. The van der Waals surface area contributed by atoms with Gasteiger partial charge >= 0.3 is 11.9 Å². The SMILES string of the molecule is CC(O)(O)c1cc(C(=O)O)cc(C(=O)O)c1.